The fourth-order valence-corrected chi connectivity index (χ4v) is 1.88. The Kier molecular flexibility index (Phi) is 4.87. The normalized spacial score (nSPS) is 15.8. The lowest BCUT2D eigenvalue weighted by Gasteiger charge is -2.13. The van der Waals surface area contributed by atoms with Crippen molar-refractivity contribution in [2.45, 2.75) is 38.8 Å². The second-order valence-corrected chi connectivity index (χ2v) is 4.88. The molecule has 20 heavy (non-hydrogen) atoms. The van der Waals surface area contributed by atoms with Gasteiger partial charge in [0.2, 0.25) is 11.7 Å². The van der Waals surface area contributed by atoms with Gasteiger partial charge in [-0.2, -0.15) is 4.98 Å². The zero-order valence-electron chi connectivity index (χ0n) is 12.1. The molecule has 2 N–H and O–H groups in total. The number of nitrogens with two attached hydrogens (primary N) is 1. The number of rotatable bonds is 6. The van der Waals surface area contributed by atoms with Crippen LogP contribution in [0, 0.1) is 0 Å². The van der Waals surface area contributed by atoms with Crippen LogP contribution in [0.2, 0.25) is 0 Å². The van der Waals surface area contributed by atoms with E-state index < -0.39 is 0 Å². The standard InChI is InChI=1S/C15H21N3O2/c1-4-19-13(12-8-6-5-7-9-12)14-17-15(20-18-14)10(2)11(3)16/h5-11,13H,4,16H2,1-3H3. The van der Waals surface area contributed by atoms with Crippen molar-refractivity contribution in [1.29, 1.82) is 0 Å². The Labute approximate surface area is 119 Å². The Morgan fingerprint density at radius 2 is 1.95 bits per heavy atom. The van der Waals surface area contributed by atoms with Gasteiger partial charge in [0, 0.05) is 12.6 Å². The Hall–Kier alpha value is -1.72. The van der Waals surface area contributed by atoms with Crippen molar-refractivity contribution < 1.29 is 9.26 Å². The van der Waals surface area contributed by atoms with Crippen molar-refractivity contribution >= 4 is 0 Å². The molecule has 0 saturated heterocycles. The SMILES string of the molecule is CCOC(c1ccccc1)c1noc(C(C)C(C)N)n1. The highest BCUT2D eigenvalue weighted by molar-refractivity contribution is 5.22. The summed E-state index contributed by atoms with van der Waals surface area (Å²) in [6.45, 7) is 6.42. The van der Waals surface area contributed by atoms with E-state index in [0.29, 0.717) is 18.3 Å². The molecule has 1 heterocycles. The maximum absolute atomic E-state index is 5.86. The number of ether oxygens (including phenoxy) is 1. The van der Waals surface area contributed by atoms with Crippen molar-refractivity contribution in [3.8, 4) is 0 Å². The van der Waals surface area contributed by atoms with Gasteiger partial charge in [-0.05, 0) is 19.4 Å². The van der Waals surface area contributed by atoms with Crippen LogP contribution in [0.4, 0.5) is 0 Å². The summed E-state index contributed by atoms with van der Waals surface area (Å²) in [6.07, 6.45) is -0.306. The molecule has 3 atom stereocenters. The molecular weight excluding hydrogens is 254 g/mol. The van der Waals surface area contributed by atoms with Gasteiger partial charge in [0.1, 0.15) is 6.10 Å². The minimum absolute atomic E-state index is 0.0225. The molecule has 2 aromatic rings. The van der Waals surface area contributed by atoms with Gasteiger partial charge in [0.15, 0.2) is 0 Å². The van der Waals surface area contributed by atoms with Gasteiger partial charge in [-0.3, -0.25) is 0 Å². The van der Waals surface area contributed by atoms with Crippen LogP contribution in [0.3, 0.4) is 0 Å². The molecule has 2 rings (SSSR count). The Morgan fingerprint density at radius 3 is 2.55 bits per heavy atom. The lowest BCUT2D eigenvalue weighted by atomic mass is 10.1. The van der Waals surface area contributed by atoms with Gasteiger partial charge in [-0.1, -0.05) is 42.4 Å². The van der Waals surface area contributed by atoms with Crippen molar-refractivity contribution in [3.05, 3.63) is 47.6 Å². The third-order valence-corrected chi connectivity index (χ3v) is 3.31. The maximum Gasteiger partial charge on any atom is 0.231 e. The Morgan fingerprint density at radius 1 is 1.25 bits per heavy atom. The van der Waals surface area contributed by atoms with Crippen LogP contribution in [0.15, 0.2) is 34.9 Å². The largest absolute Gasteiger partial charge is 0.366 e. The first-order valence-electron chi connectivity index (χ1n) is 6.89. The van der Waals surface area contributed by atoms with E-state index >= 15 is 0 Å². The van der Waals surface area contributed by atoms with Gasteiger partial charge in [0.25, 0.3) is 0 Å². The molecule has 0 saturated carbocycles. The summed E-state index contributed by atoms with van der Waals surface area (Å²) < 4.78 is 11.1. The lowest BCUT2D eigenvalue weighted by molar-refractivity contribution is 0.0833. The van der Waals surface area contributed by atoms with E-state index in [2.05, 4.69) is 10.1 Å². The van der Waals surface area contributed by atoms with Gasteiger partial charge in [-0.25, -0.2) is 0 Å². The van der Waals surface area contributed by atoms with Crippen LogP contribution in [-0.4, -0.2) is 22.8 Å². The maximum atomic E-state index is 5.86. The molecule has 0 aliphatic carbocycles. The summed E-state index contributed by atoms with van der Waals surface area (Å²) in [5, 5.41) is 4.05. The molecule has 0 aliphatic rings. The lowest BCUT2D eigenvalue weighted by Crippen LogP contribution is -2.22. The molecule has 0 amide bonds. The Balaban J connectivity index is 2.27. The molecular formula is C15H21N3O2. The minimum Gasteiger partial charge on any atom is -0.366 e. The highest BCUT2D eigenvalue weighted by atomic mass is 16.5. The van der Waals surface area contributed by atoms with E-state index in [4.69, 9.17) is 15.0 Å². The summed E-state index contributed by atoms with van der Waals surface area (Å²) in [6, 6.07) is 9.84. The number of hydrogen-bond acceptors (Lipinski definition) is 5. The van der Waals surface area contributed by atoms with Crippen molar-refractivity contribution in [3.63, 3.8) is 0 Å². The van der Waals surface area contributed by atoms with Gasteiger partial charge in [-0.15, -0.1) is 0 Å². The van der Waals surface area contributed by atoms with Crippen LogP contribution < -0.4 is 5.73 Å². The van der Waals surface area contributed by atoms with Gasteiger partial charge >= 0.3 is 0 Å². The minimum atomic E-state index is -0.306. The zero-order valence-corrected chi connectivity index (χ0v) is 12.1. The number of aromatic nitrogens is 2. The van der Waals surface area contributed by atoms with Crippen LogP contribution in [-0.2, 0) is 4.74 Å². The fraction of sp³-hybridized carbons (Fsp3) is 0.467. The van der Waals surface area contributed by atoms with E-state index in [-0.39, 0.29) is 18.1 Å². The summed E-state index contributed by atoms with van der Waals surface area (Å²) in [5.41, 5.74) is 6.87. The molecule has 5 nitrogen and oxygen atoms in total. The molecule has 5 heteroatoms. The summed E-state index contributed by atoms with van der Waals surface area (Å²) >= 11 is 0. The second-order valence-electron chi connectivity index (χ2n) is 4.88. The predicted octanol–water partition coefficient (Wildman–Crippen LogP) is 2.65. The van der Waals surface area contributed by atoms with Crippen LogP contribution in [0.1, 0.15) is 50.1 Å². The summed E-state index contributed by atoms with van der Waals surface area (Å²) in [4.78, 5) is 4.44. The van der Waals surface area contributed by atoms with E-state index in [0.717, 1.165) is 5.56 Å². The quantitative estimate of drug-likeness (QED) is 0.877. The molecule has 0 fully saturated rings. The van der Waals surface area contributed by atoms with Gasteiger partial charge < -0.3 is 15.0 Å². The van der Waals surface area contributed by atoms with E-state index in [1.807, 2.05) is 51.1 Å². The first kappa shape index (κ1) is 14.7. The topological polar surface area (TPSA) is 74.2 Å². The van der Waals surface area contributed by atoms with Crippen LogP contribution >= 0.6 is 0 Å². The van der Waals surface area contributed by atoms with E-state index in [1.54, 1.807) is 0 Å². The molecule has 0 radical (unpaired) electrons. The first-order chi connectivity index (χ1) is 9.63. The molecule has 1 aromatic heterocycles. The average molecular weight is 275 g/mol. The molecule has 108 valence electrons. The van der Waals surface area contributed by atoms with Crippen molar-refractivity contribution in [2.24, 2.45) is 5.73 Å². The molecule has 0 bridgehead atoms. The van der Waals surface area contributed by atoms with E-state index in [9.17, 15) is 0 Å². The average Bonchev–Trinajstić information content (AvgIpc) is 2.94. The van der Waals surface area contributed by atoms with E-state index in [1.165, 1.54) is 0 Å². The number of benzene rings is 1. The summed E-state index contributed by atoms with van der Waals surface area (Å²) in [7, 11) is 0. The highest BCUT2D eigenvalue weighted by Gasteiger charge is 2.24. The molecule has 0 spiro atoms. The van der Waals surface area contributed by atoms with Crippen LogP contribution in [0.25, 0.3) is 0 Å². The zero-order chi connectivity index (χ0) is 14.5. The van der Waals surface area contributed by atoms with Gasteiger partial charge in [0.05, 0.1) is 5.92 Å². The Bertz CT molecular complexity index is 525. The third kappa shape index (κ3) is 3.23. The highest BCUT2D eigenvalue weighted by Crippen LogP contribution is 2.25. The first-order valence-corrected chi connectivity index (χ1v) is 6.89. The molecule has 0 aliphatic heterocycles. The van der Waals surface area contributed by atoms with Crippen molar-refractivity contribution in [2.75, 3.05) is 6.61 Å². The number of nitrogens with zero attached hydrogens (tertiary/aromatic N) is 2. The van der Waals surface area contributed by atoms with Crippen LogP contribution in [0.5, 0.6) is 0 Å². The van der Waals surface area contributed by atoms with Crippen molar-refractivity contribution in [1.82, 2.24) is 10.1 Å². The predicted molar refractivity (Wildman–Crippen MR) is 76.3 cm³/mol. The smallest absolute Gasteiger partial charge is 0.231 e. The fourth-order valence-electron chi connectivity index (χ4n) is 1.88. The summed E-state index contributed by atoms with van der Waals surface area (Å²) in [5.74, 6) is 1.12. The molecule has 1 aromatic carbocycles. The third-order valence-electron chi connectivity index (χ3n) is 3.31. The monoisotopic (exact) mass is 275 g/mol. The molecule has 3 unspecified atom stereocenters. The number of hydrogen-bond donors (Lipinski definition) is 1. The second kappa shape index (κ2) is 6.63.